The van der Waals surface area contributed by atoms with Crippen LogP contribution in [0.1, 0.15) is 44.9 Å². The Bertz CT molecular complexity index is 217. The van der Waals surface area contributed by atoms with Crippen molar-refractivity contribution in [3.8, 4) is 0 Å². The molecule has 2 fully saturated rings. The number of amides is 1. The molecule has 2 aliphatic rings. The van der Waals surface area contributed by atoms with Gasteiger partial charge in [-0.3, -0.25) is 4.79 Å². The second-order valence-electron chi connectivity index (χ2n) is 4.83. The Balaban J connectivity index is 1.84. The van der Waals surface area contributed by atoms with E-state index in [9.17, 15) is 4.79 Å². The van der Waals surface area contributed by atoms with Crippen molar-refractivity contribution in [3.63, 3.8) is 0 Å². The Labute approximate surface area is 85.6 Å². The van der Waals surface area contributed by atoms with Crippen LogP contribution in [0.5, 0.6) is 0 Å². The quantitative estimate of drug-likeness (QED) is 0.723. The average Bonchev–Trinajstić information content (AvgIpc) is 2.00. The molecule has 0 aromatic carbocycles. The molecule has 0 atom stereocenters. The van der Waals surface area contributed by atoms with E-state index in [1.165, 1.54) is 25.7 Å². The zero-order valence-corrected chi connectivity index (χ0v) is 8.80. The van der Waals surface area contributed by atoms with E-state index < -0.39 is 0 Å². The summed E-state index contributed by atoms with van der Waals surface area (Å²) in [6, 6.07) is 0. The predicted octanol–water partition coefficient (Wildman–Crippen LogP) is 1.27. The Hall–Kier alpha value is -0.570. The van der Waals surface area contributed by atoms with Gasteiger partial charge in [0.1, 0.15) is 0 Å². The van der Waals surface area contributed by atoms with Gasteiger partial charge in [-0.1, -0.05) is 19.3 Å². The molecule has 80 valence electrons. The van der Waals surface area contributed by atoms with Gasteiger partial charge in [0.05, 0.1) is 0 Å². The first-order valence-corrected chi connectivity index (χ1v) is 5.76. The summed E-state index contributed by atoms with van der Waals surface area (Å²) in [7, 11) is 0. The topological polar surface area (TPSA) is 46.3 Å². The molecule has 0 radical (unpaired) electrons. The molecule has 2 rings (SSSR count). The maximum Gasteiger partial charge on any atom is 0.224 e. The summed E-state index contributed by atoms with van der Waals surface area (Å²) in [6.07, 6.45) is 7.50. The van der Waals surface area contributed by atoms with Crippen LogP contribution in [0, 0.1) is 0 Å². The number of nitrogens with two attached hydrogens (primary N) is 1. The molecule has 1 aliphatic carbocycles. The van der Waals surface area contributed by atoms with E-state index in [1.54, 1.807) is 0 Å². The van der Waals surface area contributed by atoms with Gasteiger partial charge in [0.15, 0.2) is 0 Å². The Kier molecular flexibility index (Phi) is 2.77. The molecule has 3 nitrogen and oxygen atoms in total. The third-order valence-corrected chi connectivity index (χ3v) is 3.56. The van der Waals surface area contributed by atoms with Crippen molar-refractivity contribution in [1.29, 1.82) is 0 Å². The summed E-state index contributed by atoms with van der Waals surface area (Å²) >= 11 is 0. The van der Waals surface area contributed by atoms with Crippen LogP contribution in [0.25, 0.3) is 0 Å². The molecule has 0 unspecified atom stereocenters. The third-order valence-electron chi connectivity index (χ3n) is 3.56. The normalized spacial score (nSPS) is 25.6. The van der Waals surface area contributed by atoms with Crippen LogP contribution in [0.4, 0.5) is 0 Å². The van der Waals surface area contributed by atoms with Crippen LogP contribution < -0.4 is 5.73 Å². The molecule has 1 heterocycles. The smallest absolute Gasteiger partial charge is 0.224 e. The van der Waals surface area contributed by atoms with Gasteiger partial charge in [-0.2, -0.15) is 0 Å². The zero-order chi connectivity index (χ0) is 10.0. The minimum atomic E-state index is -0.176. The highest BCUT2D eigenvalue weighted by molar-refractivity contribution is 5.78. The van der Waals surface area contributed by atoms with E-state index in [1.807, 2.05) is 4.90 Å². The molecule has 0 bridgehead atoms. The first kappa shape index (κ1) is 9.97. The maximum atomic E-state index is 11.7. The van der Waals surface area contributed by atoms with E-state index in [0.29, 0.717) is 6.42 Å². The summed E-state index contributed by atoms with van der Waals surface area (Å²) in [5, 5.41) is 0. The van der Waals surface area contributed by atoms with Crippen LogP contribution in [0.3, 0.4) is 0 Å². The summed E-state index contributed by atoms with van der Waals surface area (Å²) in [5.41, 5.74) is 6.05. The Morgan fingerprint density at radius 3 is 2.29 bits per heavy atom. The lowest BCUT2D eigenvalue weighted by Crippen LogP contribution is -2.50. The van der Waals surface area contributed by atoms with Crippen molar-refractivity contribution in [2.24, 2.45) is 5.73 Å². The van der Waals surface area contributed by atoms with Crippen LogP contribution in [-0.2, 0) is 4.79 Å². The second kappa shape index (κ2) is 3.89. The molecule has 1 saturated heterocycles. The lowest BCUT2D eigenvalue weighted by molar-refractivity contribution is -0.136. The van der Waals surface area contributed by atoms with Gasteiger partial charge in [0, 0.05) is 25.0 Å². The molecule has 2 N–H and O–H groups in total. The minimum Gasteiger partial charge on any atom is -0.343 e. The number of carbonyl (C=O) groups excluding carboxylic acids is 1. The molecular weight excluding hydrogens is 176 g/mol. The number of hydrogen-bond donors (Lipinski definition) is 1. The Morgan fingerprint density at radius 1 is 1.14 bits per heavy atom. The van der Waals surface area contributed by atoms with Crippen LogP contribution in [0.15, 0.2) is 0 Å². The lowest BCUT2D eigenvalue weighted by atomic mass is 9.80. The van der Waals surface area contributed by atoms with Gasteiger partial charge < -0.3 is 10.6 Å². The summed E-state index contributed by atoms with van der Waals surface area (Å²) < 4.78 is 0. The molecular formula is C11H20N2O. The van der Waals surface area contributed by atoms with Crippen molar-refractivity contribution < 1.29 is 4.79 Å². The van der Waals surface area contributed by atoms with Gasteiger partial charge in [-0.25, -0.2) is 0 Å². The number of hydrogen-bond acceptors (Lipinski definition) is 2. The average molecular weight is 196 g/mol. The third kappa shape index (κ3) is 2.08. The first-order chi connectivity index (χ1) is 6.70. The van der Waals surface area contributed by atoms with E-state index >= 15 is 0 Å². The number of rotatable bonds is 2. The lowest BCUT2D eigenvalue weighted by Gasteiger charge is -2.37. The fraction of sp³-hybridized carbons (Fsp3) is 0.909. The number of likely N-dealkylation sites (tertiary alicyclic amines) is 1. The van der Waals surface area contributed by atoms with Crippen molar-refractivity contribution >= 4 is 5.91 Å². The van der Waals surface area contributed by atoms with E-state index in [-0.39, 0.29) is 11.4 Å². The van der Waals surface area contributed by atoms with E-state index in [2.05, 4.69) is 0 Å². The fourth-order valence-electron chi connectivity index (χ4n) is 2.41. The molecule has 0 aromatic heterocycles. The van der Waals surface area contributed by atoms with Crippen molar-refractivity contribution in [2.75, 3.05) is 13.1 Å². The largest absolute Gasteiger partial charge is 0.343 e. The highest BCUT2D eigenvalue weighted by Gasteiger charge is 2.32. The van der Waals surface area contributed by atoms with Crippen molar-refractivity contribution in [2.45, 2.75) is 50.5 Å². The number of nitrogens with zero attached hydrogens (tertiary/aromatic N) is 1. The molecule has 1 amide bonds. The van der Waals surface area contributed by atoms with Gasteiger partial charge in [-0.15, -0.1) is 0 Å². The van der Waals surface area contributed by atoms with E-state index in [4.69, 9.17) is 5.73 Å². The molecule has 0 spiro atoms. The first-order valence-electron chi connectivity index (χ1n) is 5.76. The van der Waals surface area contributed by atoms with E-state index in [0.717, 1.165) is 25.9 Å². The predicted molar refractivity (Wildman–Crippen MR) is 55.8 cm³/mol. The zero-order valence-electron chi connectivity index (χ0n) is 8.80. The van der Waals surface area contributed by atoms with Gasteiger partial charge in [0.25, 0.3) is 0 Å². The highest BCUT2D eigenvalue weighted by atomic mass is 16.2. The molecule has 3 heteroatoms. The van der Waals surface area contributed by atoms with Gasteiger partial charge in [-0.05, 0) is 19.3 Å². The fourth-order valence-corrected chi connectivity index (χ4v) is 2.41. The minimum absolute atomic E-state index is 0.176. The second-order valence-corrected chi connectivity index (χ2v) is 4.83. The monoisotopic (exact) mass is 196 g/mol. The molecule has 1 saturated carbocycles. The molecule has 14 heavy (non-hydrogen) atoms. The highest BCUT2D eigenvalue weighted by Crippen LogP contribution is 2.29. The van der Waals surface area contributed by atoms with Crippen molar-refractivity contribution in [3.05, 3.63) is 0 Å². The SMILES string of the molecule is NC1(CC(=O)N2CCC2)CCCCC1. The Morgan fingerprint density at radius 2 is 1.79 bits per heavy atom. The molecule has 0 aromatic rings. The van der Waals surface area contributed by atoms with Gasteiger partial charge in [0.2, 0.25) is 5.91 Å². The van der Waals surface area contributed by atoms with Crippen LogP contribution >= 0.6 is 0 Å². The number of carbonyl (C=O) groups is 1. The summed E-state index contributed by atoms with van der Waals surface area (Å²) in [5.74, 6) is 0.278. The maximum absolute atomic E-state index is 11.7. The standard InChI is InChI=1S/C11H20N2O/c12-11(5-2-1-3-6-11)9-10(14)13-7-4-8-13/h1-9,12H2. The van der Waals surface area contributed by atoms with Crippen molar-refractivity contribution in [1.82, 2.24) is 4.90 Å². The molecule has 1 aliphatic heterocycles. The summed E-state index contributed by atoms with van der Waals surface area (Å²) in [6.45, 7) is 1.91. The van der Waals surface area contributed by atoms with Gasteiger partial charge >= 0.3 is 0 Å². The van der Waals surface area contributed by atoms with Crippen LogP contribution in [-0.4, -0.2) is 29.4 Å². The summed E-state index contributed by atoms with van der Waals surface area (Å²) in [4.78, 5) is 13.7. The van der Waals surface area contributed by atoms with Crippen LogP contribution in [0.2, 0.25) is 0 Å².